The molecule has 4 aromatic rings. The molecule has 2 heterocycles. The Labute approximate surface area is 214 Å². The Morgan fingerprint density at radius 3 is 2.40 bits per heavy atom. The van der Waals surface area contributed by atoms with Gasteiger partial charge in [-0.05, 0) is 61.7 Å². The fourth-order valence-corrected chi connectivity index (χ4v) is 5.94. The number of rotatable bonds is 5. The highest BCUT2D eigenvalue weighted by molar-refractivity contribution is 7.99. The molecule has 0 saturated carbocycles. The molecular weight excluding hydrogens is 478 g/mol. The Morgan fingerprint density at radius 1 is 0.971 bits per heavy atom. The lowest BCUT2D eigenvalue weighted by Gasteiger charge is -2.51. The van der Waals surface area contributed by atoms with Gasteiger partial charge in [-0.3, -0.25) is 4.79 Å². The minimum Gasteiger partial charge on any atom is -0.411 e. The molecule has 1 amide bonds. The molecule has 0 N–H and O–H groups in total. The second-order valence-electron chi connectivity index (χ2n) is 9.60. The predicted molar refractivity (Wildman–Crippen MR) is 141 cm³/mol. The first kappa shape index (κ1) is 23.6. The van der Waals surface area contributed by atoms with Crippen LogP contribution in [0.3, 0.4) is 0 Å². The highest BCUT2D eigenvalue weighted by Gasteiger charge is 2.47. The lowest BCUT2D eigenvalue weighted by Crippen LogP contribution is -2.56. The molecule has 0 bridgehead atoms. The Hall–Kier alpha value is -3.09. The third kappa shape index (κ3) is 4.48. The van der Waals surface area contributed by atoms with Crippen molar-refractivity contribution in [3.63, 3.8) is 0 Å². The van der Waals surface area contributed by atoms with Gasteiger partial charge in [-0.2, -0.15) is 0 Å². The smallest absolute Gasteiger partial charge is 0.277 e. The molecule has 7 heteroatoms. The van der Waals surface area contributed by atoms with E-state index in [4.69, 9.17) is 16.0 Å². The second kappa shape index (κ2) is 9.17. The van der Waals surface area contributed by atoms with E-state index < -0.39 is 5.54 Å². The van der Waals surface area contributed by atoms with Crippen molar-refractivity contribution in [1.82, 2.24) is 10.2 Å². The summed E-state index contributed by atoms with van der Waals surface area (Å²) in [5.74, 6) is 0.652. The number of hydrogen-bond acceptors (Lipinski definition) is 5. The van der Waals surface area contributed by atoms with Crippen LogP contribution in [0.15, 0.2) is 88.5 Å². The maximum Gasteiger partial charge on any atom is 0.277 e. The van der Waals surface area contributed by atoms with Crippen molar-refractivity contribution in [1.29, 1.82) is 0 Å². The number of anilines is 1. The van der Waals surface area contributed by atoms with E-state index in [-0.39, 0.29) is 17.1 Å². The predicted octanol–water partition coefficient (Wildman–Crippen LogP) is 7.00. The van der Waals surface area contributed by atoms with Gasteiger partial charge in [-0.25, -0.2) is 0 Å². The number of aromatic nitrogens is 2. The zero-order chi connectivity index (χ0) is 24.6. The number of nitrogens with zero attached hydrogens (tertiary/aromatic N) is 3. The number of amides is 1. The minimum absolute atomic E-state index is 0.00469. The lowest BCUT2D eigenvalue weighted by atomic mass is 9.65. The number of carbonyl (C=O) groups is 1. The average Bonchev–Trinajstić information content (AvgIpc) is 3.32. The maximum atomic E-state index is 13.6. The van der Waals surface area contributed by atoms with Crippen LogP contribution in [-0.2, 0) is 10.2 Å². The first-order valence-corrected chi connectivity index (χ1v) is 12.8. The lowest BCUT2D eigenvalue weighted by molar-refractivity contribution is -0.117. The van der Waals surface area contributed by atoms with Crippen molar-refractivity contribution in [2.24, 2.45) is 0 Å². The van der Waals surface area contributed by atoms with E-state index in [0.717, 1.165) is 23.2 Å². The van der Waals surface area contributed by atoms with Gasteiger partial charge in [-0.1, -0.05) is 78.8 Å². The van der Waals surface area contributed by atoms with E-state index in [9.17, 15) is 4.79 Å². The third-order valence-electron chi connectivity index (χ3n) is 6.61. The van der Waals surface area contributed by atoms with Crippen LogP contribution >= 0.6 is 23.4 Å². The van der Waals surface area contributed by atoms with Crippen molar-refractivity contribution in [2.75, 3.05) is 10.7 Å². The molecule has 5 rings (SSSR count). The average molecular weight is 504 g/mol. The number of fused-ring (bicyclic) bond motifs is 1. The highest BCUT2D eigenvalue weighted by Crippen LogP contribution is 2.50. The molecule has 1 aliphatic rings. The van der Waals surface area contributed by atoms with Crippen LogP contribution in [0.25, 0.3) is 11.5 Å². The first-order chi connectivity index (χ1) is 16.8. The molecule has 5 nitrogen and oxygen atoms in total. The van der Waals surface area contributed by atoms with Crippen LogP contribution in [0.2, 0.25) is 5.02 Å². The van der Waals surface area contributed by atoms with Crippen molar-refractivity contribution in [3.05, 3.63) is 95.0 Å². The standard InChI is InChI=1S/C28H26ClN3O2S/c1-27(2)18-28(3,20-13-15-21(29)16-14-20)22-11-7-8-12-23(22)32(27)24(33)17-35-26-31-30-25(34-26)19-9-5-4-6-10-19/h4-16H,17-18H2,1-3H3/t28-/m0/s1. The quantitative estimate of drug-likeness (QED) is 0.274. The van der Waals surface area contributed by atoms with E-state index >= 15 is 0 Å². The van der Waals surface area contributed by atoms with Gasteiger partial charge in [0.05, 0.1) is 5.75 Å². The zero-order valence-corrected chi connectivity index (χ0v) is 21.4. The Bertz CT molecular complexity index is 1350. The molecule has 0 aliphatic carbocycles. The maximum absolute atomic E-state index is 13.6. The van der Waals surface area contributed by atoms with Gasteiger partial charge in [0.2, 0.25) is 11.8 Å². The Kier molecular flexibility index (Phi) is 6.20. The van der Waals surface area contributed by atoms with Crippen molar-refractivity contribution >= 4 is 35.0 Å². The van der Waals surface area contributed by atoms with Gasteiger partial charge >= 0.3 is 0 Å². The van der Waals surface area contributed by atoms with Crippen LogP contribution in [-0.4, -0.2) is 27.4 Å². The summed E-state index contributed by atoms with van der Waals surface area (Å²) in [6.07, 6.45) is 0.772. The van der Waals surface area contributed by atoms with Crippen LogP contribution in [0.5, 0.6) is 0 Å². The monoisotopic (exact) mass is 503 g/mol. The molecule has 0 radical (unpaired) electrons. The summed E-state index contributed by atoms with van der Waals surface area (Å²) in [5.41, 5.74) is 3.43. The number of thioether (sulfide) groups is 1. The van der Waals surface area contributed by atoms with Gasteiger partial charge in [0.1, 0.15) is 0 Å². The Morgan fingerprint density at radius 2 is 1.66 bits per heavy atom. The van der Waals surface area contributed by atoms with Crippen molar-refractivity contribution in [2.45, 2.75) is 43.4 Å². The molecule has 0 saturated heterocycles. The van der Waals surface area contributed by atoms with Crippen molar-refractivity contribution in [3.8, 4) is 11.5 Å². The molecule has 0 fully saturated rings. The molecular formula is C28H26ClN3O2S. The number of hydrogen-bond donors (Lipinski definition) is 0. The van der Waals surface area contributed by atoms with Crippen molar-refractivity contribution < 1.29 is 9.21 Å². The zero-order valence-electron chi connectivity index (χ0n) is 19.9. The van der Waals surface area contributed by atoms with Gasteiger partial charge < -0.3 is 9.32 Å². The summed E-state index contributed by atoms with van der Waals surface area (Å²) in [7, 11) is 0. The fraction of sp³-hybridized carbons (Fsp3) is 0.250. The molecule has 0 spiro atoms. The van der Waals surface area contributed by atoms with E-state index in [1.807, 2.05) is 65.6 Å². The molecule has 178 valence electrons. The summed E-state index contributed by atoms with van der Waals surface area (Å²) in [6.45, 7) is 6.50. The molecule has 1 aliphatic heterocycles. The number of carbonyl (C=O) groups excluding carboxylic acids is 1. The number of halogens is 1. The van der Waals surface area contributed by atoms with Crippen LogP contribution < -0.4 is 4.90 Å². The largest absolute Gasteiger partial charge is 0.411 e. The summed E-state index contributed by atoms with van der Waals surface area (Å²) in [5, 5.41) is 9.35. The van der Waals surface area contributed by atoms with Crippen LogP contribution in [0.1, 0.15) is 38.3 Å². The van der Waals surface area contributed by atoms with Gasteiger partial charge in [0.15, 0.2) is 0 Å². The minimum atomic E-state index is -0.412. The second-order valence-corrected chi connectivity index (χ2v) is 11.0. The van der Waals surface area contributed by atoms with Gasteiger partial charge in [0.25, 0.3) is 5.22 Å². The van der Waals surface area contributed by atoms with E-state index in [0.29, 0.717) is 16.1 Å². The topological polar surface area (TPSA) is 59.2 Å². The molecule has 0 unspecified atom stereocenters. The molecule has 35 heavy (non-hydrogen) atoms. The normalized spacial score (nSPS) is 18.8. The summed E-state index contributed by atoms with van der Waals surface area (Å²) in [4.78, 5) is 15.5. The fourth-order valence-electron chi connectivity index (χ4n) is 5.20. The summed E-state index contributed by atoms with van der Waals surface area (Å²) < 4.78 is 5.79. The van der Waals surface area contributed by atoms with E-state index in [2.05, 4.69) is 49.2 Å². The Balaban J connectivity index is 1.41. The highest BCUT2D eigenvalue weighted by atomic mass is 35.5. The molecule has 1 aromatic heterocycles. The molecule has 1 atom stereocenters. The van der Waals surface area contributed by atoms with Crippen LogP contribution in [0, 0.1) is 0 Å². The van der Waals surface area contributed by atoms with Gasteiger partial charge in [-0.15, -0.1) is 10.2 Å². The summed E-state index contributed by atoms with van der Waals surface area (Å²) in [6, 6.07) is 25.8. The molecule has 3 aromatic carbocycles. The summed E-state index contributed by atoms with van der Waals surface area (Å²) >= 11 is 7.43. The van der Waals surface area contributed by atoms with Gasteiger partial charge in [0, 0.05) is 27.2 Å². The van der Waals surface area contributed by atoms with Crippen LogP contribution in [0.4, 0.5) is 5.69 Å². The van der Waals surface area contributed by atoms with E-state index in [1.165, 1.54) is 17.3 Å². The SMILES string of the molecule is CC1(C)C[C@@](C)(c2ccc(Cl)cc2)c2ccccc2N1C(=O)CSc1nnc(-c2ccccc2)o1. The third-order valence-corrected chi connectivity index (χ3v) is 7.66. The number of para-hydroxylation sites is 1. The first-order valence-electron chi connectivity index (χ1n) is 11.5. The van der Waals surface area contributed by atoms with E-state index in [1.54, 1.807) is 0 Å². The number of benzene rings is 3.